The lowest BCUT2D eigenvalue weighted by molar-refractivity contribution is -0.147. The van der Waals surface area contributed by atoms with Gasteiger partial charge in [-0.25, -0.2) is 9.59 Å². The molecule has 8 nitrogen and oxygen atoms in total. The highest BCUT2D eigenvalue weighted by molar-refractivity contribution is 6.38. The van der Waals surface area contributed by atoms with Crippen LogP contribution in [0.5, 0.6) is 0 Å². The molecule has 2 aromatic rings. The lowest BCUT2D eigenvalue weighted by Crippen LogP contribution is -2.23. The summed E-state index contributed by atoms with van der Waals surface area (Å²) in [6, 6.07) is 9.40. The largest absolute Gasteiger partial charge is 0.474 e. The van der Waals surface area contributed by atoms with Crippen molar-refractivity contribution in [3.63, 3.8) is 0 Å². The number of anilines is 2. The first-order valence-electron chi connectivity index (χ1n) is 6.00. The number of carboxylic acids is 2. The fourth-order valence-electron chi connectivity index (χ4n) is 1.90. The van der Waals surface area contributed by atoms with Gasteiger partial charge in [-0.05, 0) is 17.5 Å². The summed E-state index contributed by atoms with van der Waals surface area (Å²) in [6.45, 7) is 0. The van der Waals surface area contributed by atoms with E-state index in [1.54, 1.807) is 24.3 Å². The van der Waals surface area contributed by atoms with E-state index in [1.807, 2.05) is 0 Å². The van der Waals surface area contributed by atoms with E-state index in [0.29, 0.717) is 10.8 Å². The molecule has 0 aromatic heterocycles. The van der Waals surface area contributed by atoms with Crippen molar-refractivity contribution in [1.29, 1.82) is 0 Å². The van der Waals surface area contributed by atoms with Crippen molar-refractivity contribution < 1.29 is 29.4 Å². The average Bonchev–Trinajstić information content (AvgIpc) is 2.47. The molecule has 0 fully saturated rings. The summed E-state index contributed by atoms with van der Waals surface area (Å²) >= 11 is 0. The van der Waals surface area contributed by atoms with Crippen molar-refractivity contribution in [2.45, 2.75) is 0 Å². The van der Waals surface area contributed by atoms with Gasteiger partial charge in [0.05, 0.1) is 11.4 Å². The number of amides is 2. The minimum atomic E-state index is -1.66. The van der Waals surface area contributed by atoms with E-state index in [2.05, 4.69) is 10.6 Å². The number of rotatable bonds is 2. The van der Waals surface area contributed by atoms with Gasteiger partial charge in [-0.1, -0.05) is 24.3 Å². The second-order valence-corrected chi connectivity index (χ2v) is 4.23. The lowest BCUT2D eigenvalue weighted by Gasteiger charge is -2.12. The third kappa shape index (κ3) is 3.01. The normalized spacial score (nSPS) is 10.0. The molecular weight excluding hydrogens is 292 g/mol. The SMILES string of the molecule is O=C(O)C(=O)Nc1cccc2cccc(NC(=O)C(=O)O)c12. The Morgan fingerprint density at radius 2 is 1.14 bits per heavy atom. The summed E-state index contributed by atoms with van der Waals surface area (Å²) < 4.78 is 0. The van der Waals surface area contributed by atoms with E-state index in [9.17, 15) is 19.2 Å². The van der Waals surface area contributed by atoms with Crippen molar-refractivity contribution in [2.75, 3.05) is 10.6 Å². The van der Waals surface area contributed by atoms with Crippen LogP contribution in [0.2, 0.25) is 0 Å². The van der Waals surface area contributed by atoms with Crippen molar-refractivity contribution >= 4 is 45.9 Å². The molecule has 2 rings (SSSR count). The second kappa shape index (κ2) is 5.92. The summed E-state index contributed by atoms with van der Waals surface area (Å²) in [5.74, 6) is -5.81. The van der Waals surface area contributed by atoms with Crippen LogP contribution in [0.1, 0.15) is 0 Å². The highest BCUT2D eigenvalue weighted by Crippen LogP contribution is 2.30. The number of benzene rings is 2. The summed E-state index contributed by atoms with van der Waals surface area (Å²) in [6.07, 6.45) is 0. The highest BCUT2D eigenvalue weighted by Gasteiger charge is 2.17. The lowest BCUT2D eigenvalue weighted by atomic mass is 10.1. The molecule has 0 heterocycles. The van der Waals surface area contributed by atoms with Crippen LogP contribution in [-0.4, -0.2) is 34.0 Å². The molecule has 4 N–H and O–H groups in total. The van der Waals surface area contributed by atoms with E-state index >= 15 is 0 Å². The van der Waals surface area contributed by atoms with Gasteiger partial charge >= 0.3 is 23.8 Å². The molecule has 0 radical (unpaired) electrons. The summed E-state index contributed by atoms with van der Waals surface area (Å²) in [5, 5.41) is 22.6. The van der Waals surface area contributed by atoms with E-state index in [1.165, 1.54) is 12.1 Å². The standard InChI is InChI=1S/C14H10N2O6/c17-11(13(19)20)15-8-5-1-3-7-4-2-6-9(10(7)8)16-12(18)14(21)22/h1-6H,(H,15,17)(H,16,18)(H,19,20)(H,21,22). The van der Waals surface area contributed by atoms with Crippen LogP contribution in [0.4, 0.5) is 11.4 Å². The Hall–Kier alpha value is -3.42. The Balaban J connectivity index is 2.53. The van der Waals surface area contributed by atoms with Gasteiger partial charge in [-0.15, -0.1) is 0 Å². The quantitative estimate of drug-likeness (QED) is 0.609. The van der Waals surface area contributed by atoms with Crippen LogP contribution >= 0.6 is 0 Å². The molecule has 22 heavy (non-hydrogen) atoms. The van der Waals surface area contributed by atoms with E-state index in [4.69, 9.17) is 10.2 Å². The maximum absolute atomic E-state index is 11.3. The number of aliphatic carboxylic acids is 2. The van der Waals surface area contributed by atoms with Gasteiger partial charge in [-0.2, -0.15) is 0 Å². The number of hydrogen-bond donors (Lipinski definition) is 4. The molecule has 0 aliphatic rings. The minimum Gasteiger partial charge on any atom is -0.474 e. The van der Waals surface area contributed by atoms with Gasteiger partial charge in [0.1, 0.15) is 0 Å². The van der Waals surface area contributed by atoms with Crippen LogP contribution in [0, 0.1) is 0 Å². The molecular formula is C14H10N2O6. The third-order valence-electron chi connectivity index (χ3n) is 2.79. The average molecular weight is 302 g/mol. The Morgan fingerprint density at radius 3 is 1.50 bits per heavy atom. The molecule has 0 unspecified atom stereocenters. The first kappa shape index (κ1) is 15.0. The van der Waals surface area contributed by atoms with Crippen molar-refractivity contribution in [3.05, 3.63) is 36.4 Å². The Kier molecular flexibility index (Phi) is 4.03. The molecule has 8 heteroatoms. The van der Waals surface area contributed by atoms with Gasteiger partial charge in [0.15, 0.2) is 0 Å². The minimum absolute atomic E-state index is 0.145. The van der Waals surface area contributed by atoms with Gasteiger partial charge in [-0.3, -0.25) is 9.59 Å². The van der Waals surface area contributed by atoms with E-state index < -0.39 is 23.8 Å². The number of carbonyl (C=O) groups excluding carboxylic acids is 2. The molecule has 0 aliphatic heterocycles. The predicted octanol–water partition coefficient (Wildman–Crippen LogP) is 0.886. The summed E-state index contributed by atoms with van der Waals surface area (Å²) in [5.41, 5.74) is 0.289. The first-order valence-corrected chi connectivity index (χ1v) is 6.00. The van der Waals surface area contributed by atoms with Crippen LogP contribution in [0.3, 0.4) is 0 Å². The summed E-state index contributed by atoms with van der Waals surface area (Å²) in [7, 11) is 0. The monoisotopic (exact) mass is 302 g/mol. The Labute approximate surface area is 123 Å². The van der Waals surface area contributed by atoms with E-state index in [-0.39, 0.29) is 11.4 Å². The summed E-state index contributed by atoms with van der Waals surface area (Å²) in [4.78, 5) is 43.9. The van der Waals surface area contributed by atoms with Crippen molar-refractivity contribution in [2.24, 2.45) is 0 Å². The van der Waals surface area contributed by atoms with Crippen molar-refractivity contribution in [1.82, 2.24) is 0 Å². The van der Waals surface area contributed by atoms with Gasteiger partial charge in [0.25, 0.3) is 0 Å². The second-order valence-electron chi connectivity index (χ2n) is 4.23. The highest BCUT2D eigenvalue weighted by atomic mass is 16.4. The van der Waals surface area contributed by atoms with E-state index in [0.717, 1.165) is 0 Å². The zero-order valence-electron chi connectivity index (χ0n) is 11.0. The molecule has 112 valence electrons. The number of nitrogens with one attached hydrogen (secondary N) is 2. The number of fused-ring (bicyclic) bond motifs is 1. The fourth-order valence-corrected chi connectivity index (χ4v) is 1.90. The van der Waals surface area contributed by atoms with Crippen LogP contribution in [0.15, 0.2) is 36.4 Å². The third-order valence-corrected chi connectivity index (χ3v) is 2.79. The number of hydrogen-bond acceptors (Lipinski definition) is 4. The first-order chi connectivity index (χ1) is 10.4. The molecule has 0 saturated heterocycles. The Morgan fingerprint density at radius 1 is 0.727 bits per heavy atom. The zero-order chi connectivity index (χ0) is 16.3. The predicted molar refractivity (Wildman–Crippen MR) is 76.5 cm³/mol. The Bertz CT molecular complexity index is 736. The van der Waals surface area contributed by atoms with Crippen LogP contribution in [-0.2, 0) is 19.2 Å². The molecule has 0 saturated carbocycles. The maximum Gasteiger partial charge on any atom is 0.394 e. The number of carboxylic acid groups (broad SMARTS) is 2. The van der Waals surface area contributed by atoms with Crippen LogP contribution in [0.25, 0.3) is 10.8 Å². The number of carbonyl (C=O) groups is 4. The smallest absolute Gasteiger partial charge is 0.394 e. The topological polar surface area (TPSA) is 133 Å². The molecule has 0 atom stereocenters. The van der Waals surface area contributed by atoms with Crippen LogP contribution < -0.4 is 10.6 Å². The van der Waals surface area contributed by atoms with Gasteiger partial charge in [0, 0.05) is 5.39 Å². The van der Waals surface area contributed by atoms with Gasteiger partial charge in [0.2, 0.25) is 0 Å². The fraction of sp³-hybridized carbons (Fsp3) is 0. The molecule has 2 aromatic carbocycles. The maximum atomic E-state index is 11.3. The molecule has 0 bridgehead atoms. The zero-order valence-corrected chi connectivity index (χ0v) is 11.0. The molecule has 2 amide bonds. The van der Waals surface area contributed by atoms with Crippen molar-refractivity contribution in [3.8, 4) is 0 Å². The van der Waals surface area contributed by atoms with Gasteiger partial charge < -0.3 is 20.8 Å². The molecule has 0 spiro atoms. The molecule has 0 aliphatic carbocycles.